The smallest absolute Gasteiger partial charge is 0.326 e. The van der Waals surface area contributed by atoms with Crippen LogP contribution in [0.25, 0.3) is 17.0 Å². The molecule has 0 aliphatic carbocycles. The van der Waals surface area contributed by atoms with Crippen molar-refractivity contribution in [1.29, 1.82) is 0 Å². The van der Waals surface area contributed by atoms with Crippen molar-refractivity contribution < 1.29 is 18.9 Å². The van der Waals surface area contributed by atoms with Crippen molar-refractivity contribution in [3.8, 4) is 5.69 Å². The van der Waals surface area contributed by atoms with E-state index in [1.165, 1.54) is 11.8 Å². The predicted octanol–water partition coefficient (Wildman–Crippen LogP) is 2.76. The van der Waals surface area contributed by atoms with Crippen LogP contribution in [0.5, 0.6) is 0 Å². The number of amides is 2. The first-order chi connectivity index (χ1) is 15.7. The largest absolute Gasteiger partial charge is 0.383 e. The number of rotatable bonds is 6. The molecule has 0 saturated heterocycles. The lowest BCUT2D eigenvalue weighted by Gasteiger charge is -2.12. The minimum absolute atomic E-state index is 0.0301. The van der Waals surface area contributed by atoms with Gasteiger partial charge in [0, 0.05) is 24.9 Å². The number of hydrogen-bond acceptors (Lipinski definition) is 4. The molecule has 8 nitrogen and oxygen atoms in total. The van der Waals surface area contributed by atoms with Crippen LogP contribution >= 0.6 is 23.2 Å². The fourth-order valence-electron chi connectivity index (χ4n) is 3.71. The van der Waals surface area contributed by atoms with E-state index in [0.717, 1.165) is 10.5 Å². The van der Waals surface area contributed by atoms with Gasteiger partial charge in [-0.05, 0) is 37.6 Å². The third-order valence-electron chi connectivity index (χ3n) is 5.40. The van der Waals surface area contributed by atoms with Crippen molar-refractivity contribution >= 4 is 46.3 Å². The molecule has 0 bridgehead atoms. The zero-order chi connectivity index (χ0) is 23.9. The molecule has 0 fully saturated rings. The van der Waals surface area contributed by atoms with Crippen LogP contribution in [0.3, 0.4) is 0 Å². The third-order valence-corrected chi connectivity index (χ3v) is 6.14. The number of benzene rings is 1. The summed E-state index contributed by atoms with van der Waals surface area (Å²) in [5, 5.41) is 3.61. The molecule has 1 aromatic carbocycles. The normalized spacial score (nSPS) is 14.0. The van der Waals surface area contributed by atoms with Gasteiger partial charge in [0.1, 0.15) is 5.57 Å². The van der Waals surface area contributed by atoms with Gasteiger partial charge in [-0.15, -0.1) is 0 Å². The number of methoxy groups -OCH3 is 1. The minimum atomic E-state index is -0.555. The van der Waals surface area contributed by atoms with Crippen LogP contribution in [0.15, 0.2) is 47.5 Å². The Kier molecular flexibility index (Phi) is 6.25. The summed E-state index contributed by atoms with van der Waals surface area (Å²) >= 11 is 12.1. The van der Waals surface area contributed by atoms with Gasteiger partial charge in [0.25, 0.3) is 17.2 Å². The Balaban J connectivity index is 1.93. The van der Waals surface area contributed by atoms with Gasteiger partial charge in [0.15, 0.2) is 12.4 Å². The SMILES string of the molecule is COCCN1C(=O)C(c2c(C)[nH]n(-c3ccc(Cl)c(Cl)c3)c2=O)=C([n+]2ccc(C)cc2)C1=O. The number of hydrogen-bond donors (Lipinski definition) is 1. The molecule has 10 heteroatoms. The predicted molar refractivity (Wildman–Crippen MR) is 124 cm³/mol. The molecule has 0 unspecified atom stereocenters. The maximum absolute atomic E-state index is 13.5. The van der Waals surface area contributed by atoms with Gasteiger partial charge in [-0.1, -0.05) is 23.2 Å². The van der Waals surface area contributed by atoms with E-state index >= 15 is 0 Å². The van der Waals surface area contributed by atoms with E-state index in [-0.39, 0.29) is 35.0 Å². The van der Waals surface area contributed by atoms with Crippen molar-refractivity contribution in [2.24, 2.45) is 0 Å². The lowest BCUT2D eigenvalue weighted by atomic mass is 10.1. The second-order valence-corrected chi connectivity index (χ2v) is 8.43. The molecule has 1 aliphatic heterocycles. The number of carbonyl (C=O) groups excluding carboxylic acids is 2. The molecule has 2 aromatic heterocycles. The molecule has 1 N–H and O–H groups in total. The monoisotopic (exact) mass is 487 g/mol. The maximum atomic E-state index is 13.5. The number of pyridine rings is 1. The molecule has 1 aliphatic rings. The number of aromatic amines is 1. The second-order valence-electron chi connectivity index (χ2n) is 7.61. The number of ether oxygens (including phenoxy) is 1. The highest BCUT2D eigenvalue weighted by atomic mass is 35.5. The Hall–Kier alpha value is -3.20. The molecule has 0 spiro atoms. The number of nitrogens with zero attached hydrogens (tertiary/aromatic N) is 3. The van der Waals surface area contributed by atoms with E-state index in [1.807, 2.05) is 19.1 Å². The summed E-state index contributed by atoms with van der Waals surface area (Å²) in [6.45, 7) is 3.83. The van der Waals surface area contributed by atoms with Crippen LogP contribution in [-0.2, 0) is 14.3 Å². The average Bonchev–Trinajstić information content (AvgIpc) is 3.21. The van der Waals surface area contributed by atoms with Gasteiger partial charge in [0.05, 0.1) is 34.4 Å². The number of H-pyrrole nitrogens is 1. The van der Waals surface area contributed by atoms with E-state index in [2.05, 4.69) is 5.10 Å². The Morgan fingerprint density at radius 2 is 1.70 bits per heavy atom. The van der Waals surface area contributed by atoms with Crippen molar-refractivity contribution in [2.75, 3.05) is 20.3 Å². The molecular weight excluding hydrogens is 467 g/mol. The summed E-state index contributed by atoms with van der Waals surface area (Å²) < 4.78 is 7.89. The Morgan fingerprint density at radius 3 is 2.33 bits per heavy atom. The first-order valence-electron chi connectivity index (χ1n) is 10.1. The molecule has 2 amide bonds. The van der Waals surface area contributed by atoms with Crippen LogP contribution in [0.4, 0.5) is 0 Å². The fraction of sp³-hybridized carbons (Fsp3) is 0.217. The molecule has 170 valence electrons. The number of halogens is 2. The lowest BCUT2D eigenvalue weighted by Crippen LogP contribution is -2.40. The van der Waals surface area contributed by atoms with Crippen LogP contribution in [0.2, 0.25) is 10.0 Å². The van der Waals surface area contributed by atoms with Gasteiger partial charge in [0.2, 0.25) is 0 Å². The lowest BCUT2D eigenvalue weighted by molar-refractivity contribution is -0.577. The van der Waals surface area contributed by atoms with Gasteiger partial charge >= 0.3 is 5.91 Å². The van der Waals surface area contributed by atoms with Crippen LogP contribution in [0, 0.1) is 13.8 Å². The molecular formula is C23H21Cl2N4O4+. The van der Waals surface area contributed by atoms with Gasteiger partial charge < -0.3 is 4.74 Å². The van der Waals surface area contributed by atoms with E-state index in [4.69, 9.17) is 27.9 Å². The summed E-state index contributed by atoms with van der Waals surface area (Å²) in [6.07, 6.45) is 3.38. The Bertz CT molecular complexity index is 1360. The quantitative estimate of drug-likeness (QED) is 0.427. The van der Waals surface area contributed by atoms with Crippen molar-refractivity contribution in [1.82, 2.24) is 14.7 Å². The van der Waals surface area contributed by atoms with Crippen LogP contribution < -0.4 is 10.1 Å². The maximum Gasteiger partial charge on any atom is 0.326 e. The first-order valence-corrected chi connectivity index (χ1v) is 10.8. The number of nitrogens with one attached hydrogen (secondary N) is 1. The summed E-state index contributed by atoms with van der Waals surface area (Å²) in [4.78, 5) is 41.3. The molecule has 33 heavy (non-hydrogen) atoms. The van der Waals surface area contributed by atoms with Gasteiger partial charge in [-0.3, -0.25) is 24.4 Å². The summed E-state index contributed by atoms with van der Waals surface area (Å²) in [5.41, 5.74) is 1.63. The number of imide groups is 1. The third kappa shape index (κ3) is 4.01. The Labute approximate surface area is 199 Å². The Morgan fingerprint density at radius 1 is 1.00 bits per heavy atom. The topological polar surface area (TPSA) is 88.3 Å². The summed E-state index contributed by atoms with van der Waals surface area (Å²) in [5.74, 6) is -1.05. The highest BCUT2D eigenvalue weighted by Gasteiger charge is 2.46. The molecule has 0 radical (unpaired) electrons. The minimum Gasteiger partial charge on any atom is -0.383 e. The number of carbonyl (C=O) groups is 2. The van der Waals surface area contributed by atoms with Crippen LogP contribution in [-0.4, -0.2) is 46.8 Å². The van der Waals surface area contributed by atoms with Crippen molar-refractivity contribution in [2.45, 2.75) is 13.8 Å². The average molecular weight is 488 g/mol. The molecule has 0 atom stereocenters. The standard InChI is InChI=1S/C23H20Cl2N4O4/c1-13-6-8-27(9-7-13)20-19(21(30)28(23(20)32)10-11-33-3)18-14(2)26-29(22(18)31)15-4-5-16(24)17(25)12-15/h4-9,12H,10-11H2,1-3H3/p+1. The number of aromatic nitrogens is 3. The van der Waals surface area contributed by atoms with E-state index in [1.54, 1.807) is 42.1 Å². The van der Waals surface area contributed by atoms with Gasteiger partial charge in [-0.25, -0.2) is 4.68 Å². The zero-order valence-corrected chi connectivity index (χ0v) is 19.7. The van der Waals surface area contributed by atoms with E-state index in [0.29, 0.717) is 16.4 Å². The van der Waals surface area contributed by atoms with E-state index < -0.39 is 17.4 Å². The molecule has 0 saturated carbocycles. The van der Waals surface area contributed by atoms with Crippen molar-refractivity contribution in [3.05, 3.63) is 79.9 Å². The fourth-order valence-corrected chi connectivity index (χ4v) is 4.00. The highest BCUT2D eigenvalue weighted by molar-refractivity contribution is 6.44. The molecule has 4 rings (SSSR count). The summed E-state index contributed by atoms with van der Waals surface area (Å²) in [7, 11) is 1.49. The highest BCUT2D eigenvalue weighted by Crippen LogP contribution is 2.30. The molecule has 3 aromatic rings. The molecule has 3 heterocycles. The number of aryl methyl sites for hydroxylation is 2. The second kappa shape index (κ2) is 8.97. The van der Waals surface area contributed by atoms with Gasteiger partial charge in [-0.2, -0.15) is 4.57 Å². The first kappa shape index (κ1) is 23.0. The van der Waals surface area contributed by atoms with Crippen molar-refractivity contribution in [3.63, 3.8) is 0 Å². The van der Waals surface area contributed by atoms with Crippen LogP contribution in [0.1, 0.15) is 16.8 Å². The summed E-state index contributed by atoms with van der Waals surface area (Å²) in [6, 6.07) is 8.38. The van der Waals surface area contributed by atoms with E-state index in [9.17, 15) is 14.4 Å². The zero-order valence-electron chi connectivity index (χ0n) is 18.2.